The summed E-state index contributed by atoms with van der Waals surface area (Å²) in [4.78, 5) is 37.6. The molecule has 1 heterocycles. The van der Waals surface area contributed by atoms with Gasteiger partial charge in [0.2, 0.25) is 5.91 Å². The molecule has 0 aliphatic carbocycles. The molecule has 1 saturated heterocycles. The van der Waals surface area contributed by atoms with Crippen LogP contribution >= 0.6 is 0 Å². The van der Waals surface area contributed by atoms with Crippen molar-refractivity contribution in [1.82, 2.24) is 0 Å². The quantitative estimate of drug-likeness (QED) is 0.812. The molecular weight excluding hydrogens is 356 g/mol. The van der Waals surface area contributed by atoms with Crippen LogP contribution in [0, 0.1) is 11.6 Å². The predicted molar refractivity (Wildman–Crippen MR) is 96.3 cm³/mol. The fourth-order valence-corrected chi connectivity index (χ4v) is 2.79. The molecule has 0 bridgehead atoms. The summed E-state index contributed by atoms with van der Waals surface area (Å²) in [5, 5.41) is 4.41. The lowest BCUT2D eigenvalue weighted by atomic mass is 10.1. The molecule has 3 rings (SSSR count). The molecule has 140 valence electrons. The van der Waals surface area contributed by atoms with Gasteiger partial charge in [-0.3, -0.25) is 14.4 Å². The molecule has 0 unspecified atom stereocenters. The third-order valence-corrected chi connectivity index (χ3v) is 4.12. The molecule has 2 N–H and O–H groups in total. The van der Waals surface area contributed by atoms with Crippen molar-refractivity contribution in [3.05, 3.63) is 54.1 Å². The van der Waals surface area contributed by atoms with Crippen LogP contribution in [0.5, 0.6) is 0 Å². The number of carbonyl (C=O) groups is 3. The zero-order valence-electron chi connectivity index (χ0n) is 14.3. The molecule has 0 saturated carbocycles. The van der Waals surface area contributed by atoms with Crippen molar-refractivity contribution in [1.29, 1.82) is 0 Å². The van der Waals surface area contributed by atoms with E-state index >= 15 is 0 Å². The summed E-state index contributed by atoms with van der Waals surface area (Å²) in [7, 11) is 0. The number of anilines is 3. The van der Waals surface area contributed by atoms with Gasteiger partial charge in [0, 0.05) is 30.4 Å². The summed E-state index contributed by atoms with van der Waals surface area (Å²) in [6, 6.07) is 9.06. The summed E-state index contributed by atoms with van der Waals surface area (Å²) in [6.45, 7) is 0.593. The average Bonchev–Trinajstić information content (AvgIpc) is 2.65. The Hall–Kier alpha value is -3.29. The first-order valence-electron chi connectivity index (χ1n) is 8.42. The van der Waals surface area contributed by atoms with E-state index in [9.17, 15) is 23.2 Å². The molecule has 1 aliphatic heterocycles. The van der Waals surface area contributed by atoms with Gasteiger partial charge >= 0.3 is 11.8 Å². The Bertz CT molecular complexity index is 902. The minimum Gasteiger partial charge on any atom is -0.318 e. The van der Waals surface area contributed by atoms with Crippen LogP contribution in [0.3, 0.4) is 0 Å². The number of rotatable bonds is 3. The Morgan fingerprint density at radius 2 is 1.74 bits per heavy atom. The predicted octanol–water partition coefficient (Wildman–Crippen LogP) is 3.06. The smallest absolute Gasteiger partial charge is 0.314 e. The first kappa shape index (κ1) is 18.5. The van der Waals surface area contributed by atoms with Crippen molar-refractivity contribution in [2.75, 3.05) is 22.1 Å². The molecule has 3 amide bonds. The highest BCUT2D eigenvalue weighted by atomic mass is 19.1. The third-order valence-electron chi connectivity index (χ3n) is 4.12. The molecule has 0 aromatic heterocycles. The van der Waals surface area contributed by atoms with Crippen molar-refractivity contribution >= 4 is 34.8 Å². The summed E-state index contributed by atoms with van der Waals surface area (Å²) >= 11 is 0. The maximum Gasteiger partial charge on any atom is 0.314 e. The van der Waals surface area contributed by atoms with Crippen LogP contribution in [0.4, 0.5) is 25.8 Å². The molecule has 0 spiro atoms. The molecule has 8 heteroatoms. The number of hydrogen-bond acceptors (Lipinski definition) is 3. The highest BCUT2D eigenvalue weighted by Gasteiger charge is 2.21. The standard InChI is InChI=1S/C19H17F2N3O3/c20-12-7-8-15(21)16(10-12)23-19(27)18(26)22-13-4-3-5-14(11-13)24-9-2-1-6-17(24)25/h3-5,7-8,10-11H,1-2,6,9H2,(H,22,26)(H,23,27). The fourth-order valence-electron chi connectivity index (χ4n) is 2.79. The van der Waals surface area contributed by atoms with Gasteiger partial charge in [-0.15, -0.1) is 0 Å². The van der Waals surface area contributed by atoms with Crippen LogP contribution in [0.1, 0.15) is 19.3 Å². The van der Waals surface area contributed by atoms with Gasteiger partial charge in [-0.1, -0.05) is 6.07 Å². The van der Waals surface area contributed by atoms with E-state index in [4.69, 9.17) is 0 Å². The van der Waals surface area contributed by atoms with Crippen LogP contribution in [-0.4, -0.2) is 24.3 Å². The van der Waals surface area contributed by atoms with Crippen molar-refractivity contribution < 1.29 is 23.2 Å². The first-order chi connectivity index (χ1) is 12.9. The second-order valence-corrected chi connectivity index (χ2v) is 6.09. The maximum absolute atomic E-state index is 13.6. The highest BCUT2D eigenvalue weighted by molar-refractivity contribution is 6.43. The van der Waals surface area contributed by atoms with E-state index in [1.807, 2.05) is 5.32 Å². The zero-order chi connectivity index (χ0) is 19.4. The number of carbonyl (C=O) groups excluding carboxylic acids is 3. The summed E-state index contributed by atoms with van der Waals surface area (Å²) < 4.78 is 26.7. The number of piperidine rings is 1. The van der Waals surface area contributed by atoms with Gasteiger partial charge in [-0.05, 0) is 43.2 Å². The van der Waals surface area contributed by atoms with Crippen LogP contribution in [-0.2, 0) is 14.4 Å². The van der Waals surface area contributed by atoms with Gasteiger partial charge < -0.3 is 15.5 Å². The highest BCUT2D eigenvalue weighted by Crippen LogP contribution is 2.24. The van der Waals surface area contributed by atoms with Crippen LogP contribution < -0.4 is 15.5 Å². The molecular formula is C19H17F2N3O3. The van der Waals surface area contributed by atoms with Gasteiger partial charge in [0.1, 0.15) is 11.6 Å². The van der Waals surface area contributed by atoms with Crippen molar-refractivity contribution in [3.63, 3.8) is 0 Å². The van der Waals surface area contributed by atoms with Crippen LogP contribution in [0.15, 0.2) is 42.5 Å². The zero-order valence-corrected chi connectivity index (χ0v) is 14.3. The molecule has 27 heavy (non-hydrogen) atoms. The van der Waals surface area contributed by atoms with Gasteiger partial charge in [0.15, 0.2) is 0 Å². The molecule has 0 radical (unpaired) electrons. The number of hydrogen-bond donors (Lipinski definition) is 2. The van der Waals surface area contributed by atoms with Gasteiger partial charge in [0.25, 0.3) is 0 Å². The summed E-state index contributed by atoms with van der Waals surface area (Å²) in [5.41, 5.74) is 0.502. The summed E-state index contributed by atoms with van der Waals surface area (Å²) in [5.74, 6) is -3.78. The number of amides is 3. The van der Waals surface area contributed by atoms with Gasteiger partial charge in [-0.2, -0.15) is 0 Å². The van der Waals surface area contributed by atoms with Crippen molar-refractivity contribution in [2.45, 2.75) is 19.3 Å². The van der Waals surface area contributed by atoms with E-state index in [0.717, 1.165) is 31.0 Å². The Morgan fingerprint density at radius 3 is 2.52 bits per heavy atom. The number of benzene rings is 2. The minimum absolute atomic E-state index is 0.00375. The van der Waals surface area contributed by atoms with Crippen LogP contribution in [0.2, 0.25) is 0 Å². The van der Waals surface area contributed by atoms with Crippen molar-refractivity contribution in [3.8, 4) is 0 Å². The molecule has 2 aromatic carbocycles. The van der Waals surface area contributed by atoms with E-state index in [0.29, 0.717) is 24.3 Å². The van der Waals surface area contributed by atoms with Crippen LogP contribution in [0.25, 0.3) is 0 Å². The van der Waals surface area contributed by atoms with E-state index in [2.05, 4.69) is 5.32 Å². The molecule has 0 atom stereocenters. The maximum atomic E-state index is 13.6. The summed E-state index contributed by atoms with van der Waals surface area (Å²) in [6.07, 6.45) is 2.21. The monoisotopic (exact) mass is 373 g/mol. The van der Waals surface area contributed by atoms with Crippen molar-refractivity contribution in [2.24, 2.45) is 0 Å². The lowest BCUT2D eigenvalue weighted by Gasteiger charge is -2.27. The largest absolute Gasteiger partial charge is 0.318 e. The molecule has 2 aromatic rings. The number of nitrogens with one attached hydrogen (secondary N) is 2. The van der Waals surface area contributed by atoms with E-state index in [1.165, 1.54) is 0 Å². The second-order valence-electron chi connectivity index (χ2n) is 6.09. The Kier molecular flexibility index (Phi) is 5.44. The minimum atomic E-state index is -1.14. The third kappa shape index (κ3) is 4.46. The lowest BCUT2D eigenvalue weighted by Crippen LogP contribution is -2.35. The van der Waals surface area contributed by atoms with Gasteiger partial charge in [0.05, 0.1) is 5.69 Å². The Labute approximate surface area is 154 Å². The molecule has 1 aliphatic rings. The SMILES string of the molecule is O=C(Nc1cccc(N2CCCCC2=O)c1)C(=O)Nc1cc(F)ccc1F. The van der Waals surface area contributed by atoms with Gasteiger partial charge in [-0.25, -0.2) is 8.78 Å². The lowest BCUT2D eigenvalue weighted by molar-refractivity contribution is -0.133. The first-order valence-corrected chi connectivity index (χ1v) is 8.42. The van der Waals surface area contributed by atoms with E-state index < -0.39 is 29.1 Å². The topological polar surface area (TPSA) is 78.5 Å². The fraction of sp³-hybridized carbons (Fsp3) is 0.211. The van der Waals surface area contributed by atoms with E-state index in [1.54, 1.807) is 29.2 Å². The normalized spacial score (nSPS) is 14.0. The molecule has 1 fully saturated rings. The number of nitrogens with zero attached hydrogens (tertiary/aromatic N) is 1. The number of halogens is 2. The Morgan fingerprint density at radius 1 is 0.963 bits per heavy atom. The molecule has 6 nitrogen and oxygen atoms in total. The van der Waals surface area contributed by atoms with E-state index in [-0.39, 0.29) is 5.91 Å². The second kappa shape index (κ2) is 7.94. The average molecular weight is 373 g/mol. The Balaban J connectivity index is 1.68.